The molecular formula is C21H31NO3. The van der Waals surface area contributed by atoms with Crippen LogP contribution >= 0.6 is 0 Å². The molecular weight excluding hydrogens is 314 g/mol. The van der Waals surface area contributed by atoms with E-state index in [1.807, 2.05) is 6.92 Å². The summed E-state index contributed by atoms with van der Waals surface area (Å²) in [5, 5.41) is 14.2. The van der Waals surface area contributed by atoms with Gasteiger partial charge in [0.15, 0.2) is 11.8 Å². The van der Waals surface area contributed by atoms with E-state index >= 15 is 0 Å². The smallest absolute Gasteiger partial charge is 0.183 e. The maximum absolute atomic E-state index is 12.2. The van der Waals surface area contributed by atoms with Gasteiger partial charge in [0, 0.05) is 0 Å². The van der Waals surface area contributed by atoms with Crippen LogP contribution in [-0.4, -0.2) is 22.5 Å². The Labute approximate surface area is 150 Å². The maximum Gasteiger partial charge on any atom is 0.183 e. The monoisotopic (exact) mass is 345 g/mol. The Hall–Kier alpha value is -1.03. The van der Waals surface area contributed by atoms with Crippen LogP contribution in [-0.2, 0) is 4.79 Å². The SMILES string of the molecule is CC1CC2=CC(=O)C(N=O)C[C@]2(C)[C@@H]2CC[C@@]3(C)[C@@H](CCC3(C)O)[C@H]12. The van der Waals surface area contributed by atoms with Crippen LogP contribution in [0.3, 0.4) is 0 Å². The number of allylic oxidation sites excluding steroid dienone is 1. The summed E-state index contributed by atoms with van der Waals surface area (Å²) in [4.78, 5) is 23.4. The zero-order chi connectivity index (χ0) is 18.2. The van der Waals surface area contributed by atoms with E-state index in [-0.39, 0.29) is 16.6 Å². The summed E-state index contributed by atoms with van der Waals surface area (Å²) < 4.78 is 0. The van der Waals surface area contributed by atoms with E-state index in [9.17, 15) is 14.8 Å². The van der Waals surface area contributed by atoms with Gasteiger partial charge in [0.25, 0.3) is 0 Å². The number of carbonyl (C=O) groups excluding carboxylic acids is 1. The van der Waals surface area contributed by atoms with Crippen molar-refractivity contribution < 1.29 is 9.90 Å². The average Bonchev–Trinajstić information content (AvgIpc) is 2.79. The number of carbonyl (C=O) groups is 1. The quantitative estimate of drug-likeness (QED) is 0.722. The number of rotatable bonds is 1. The molecule has 8 atom stereocenters. The largest absolute Gasteiger partial charge is 0.390 e. The molecule has 0 aromatic heterocycles. The maximum atomic E-state index is 12.2. The third-order valence-corrected chi connectivity index (χ3v) is 9.04. The molecule has 3 saturated carbocycles. The molecule has 4 aliphatic carbocycles. The summed E-state index contributed by atoms with van der Waals surface area (Å²) in [6.45, 7) is 8.91. The molecule has 3 fully saturated rings. The van der Waals surface area contributed by atoms with Gasteiger partial charge in [0.1, 0.15) is 0 Å². The molecule has 0 aromatic rings. The molecule has 0 aliphatic heterocycles. The predicted molar refractivity (Wildman–Crippen MR) is 96.8 cm³/mol. The minimum Gasteiger partial charge on any atom is -0.390 e. The predicted octanol–water partition coefficient (Wildman–Crippen LogP) is 4.26. The Kier molecular flexibility index (Phi) is 3.65. The lowest BCUT2D eigenvalue weighted by atomic mass is 9.44. The van der Waals surface area contributed by atoms with E-state index in [2.05, 4.69) is 25.9 Å². The number of fused-ring (bicyclic) bond motifs is 5. The van der Waals surface area contributed by atoms with E-state index < -0.39 is 11.6 Å². The second-order valence-corrected chi connectivity index (χ2v) is 10.1. The fraction of sp³-hybridized carbons (Fsp3) is 0.857. The van der Waals surface area contributed by atoms with Crippen molar-refractivity contribution in [2.24, 2.45) is 39.7 Å². The summed E-state index contributed by atoms with van der Waals surface area (Å²) in [6, 6.07) is -0.706. The first-order valence-corrected chi connectivity index (χ1v) is 9.94. The highest BCUT2D eigenvalue weighted by Crippen LogP contribution is 2.68. The molecule has 138 valence electrons. The van der Waals surface area contributed by atoms with Crippen molar-refractivity contribution in [3.05, 3.63) is 16.6 Å². The van der Waals surface area contributed by atoms with Crippen molar-refractivity contribution >= 4 is 5.78 Å². The molecule has 0 saturated heterocycles. The van der Waals surface area contributed by atoms with Gasteiger partial charge in [-0.3, -0.25) is 4.79 Å². The number of aliphatic hydroxyl groups is 1. The van der Waals surface area contributed by atoms with Crippen LogP contribution in [0.1, 0.15) is 66.2 Å². The summed E-state index contributed by atoms with van der Waals surface area (Å²) >= 11 is 0. The molecule has 4 nitrogen and oxygen atoms in total. The zero-order valence-corrected chi connectivity index (χ0v) is 15.9. The lowest BCUT2D eigenvalue weighted by Gasteiger charge is -2.61. The van der Waals surface area contributed by atoms with Crippen molar-refractivity contribution in [2.45, 2.75) is 77.9 Å². The van der Waals surface area contributed by atoms with E-state index in [0.29, 0.717) is 30.1 Å². The molecule has 0 amide bonds. The van der Waals surface area contributed by atoms with Crippen LogP contribution in [0.15, 0.2) is 16.8 Å². The molecule has 3 unspecified atom stereocenters. The minimum atomic E-state index is -0.706. The van der Waals surface area contributed by atoms with Gasteiger partial charge in [0.2, 0.25) is 0 Å². The number of nitrogens with zero attached hydrogens (tertiary/aromatic N) is 1. The summed E-state index contributed by atoms with van der Waals surface area (Å²) in [5.74, 6) is 2.02. The standard InChI is InChI=1S/C21H31NO3/c1-12-9-13-10-17(23)16(22-25)11-19(13,2)14-5-7-20(3)15(18(12)14)6-8-21(20,4)24/h10,12,14-16,18,24H,5-9,11H2,1-4H3/t12?,14-,15+,16?,18-,19+,20+,21?/m1/s1. The lowest BCUT2D eigenvalue weighted by molar-refractivity contribution is -0.133. The molecule has 4 aliphatic rings. The van der Waals surface area contributed by atoms with Crippen molar-refractivity contribution in [2.75, 3.05) is 0 Å². The van der Waals surface area contributed by atoms with E-state index in [1.54, 1.807) is 6.08 Å². The molecule has 25 heavy (non-hydrogen) atoms. The van der Waals surface area contributed by atoms with Crippen LogP contribution < -0.4 is 0 Å². The highest BCUT2D eigenvalue weighted by molar-refractivity contribution is 5.96. The molecule has 0 heterocycles. The van der Waals surface area contributed by atoms with Crippen LogP contribution in [0.5, 0.6) is 0 Å². The van der Waals surface area contributed by atoms with Gasteiger partial charge >= 0.3 is 0 Å². The first-order valence-electron chi connectivity index (χ1n) is 9.94. The van der Waals surface area contributed by atoms with Crippen LogP contribution in [0.25, 0.3) is 0 Å². The second-order valence-electron chi connectivity index (χ2n) is 10.1. The van der Waals surface area contributed by atoms with Gasteiger partial charge < -0.3 is 5.11 Å². The van der Waals surface area contributed by atoms with Gasteiger partial charge in [-0.05, 0) is 86.0 Å². The number of hydrogen-bond acceptors (Lipinski definition) is 4. The normalized spacial score (nSPS) is 55.0. The fourth-order valence-corrected chi connectivity index (χ4v) is 7.30. The Morgan fingerprint density at radius 2 is 1.84 bits per heavy atom. The Morgan fingerprint density at radius 3 is 2.52 bits per heavy atom. The molecule has 0 aromatic carbocycles. The first kappa shape index (κ1) is 17.4. The van der Waals surface area contributed by atoms with Crippen molar-refractivity contribution in [3.63, 3.8) is 0 Å². The van der Waals surface area contributed by atoms with Gasteiger partial charge in [0.05, 0.1) is 5.60 Å². The molecule has 0 spiro atoms. The zero-order valence-electron chi connectivity index (χ0n) is 15.9. The minimum absolute atomic E-state index is 0.00714. The second kappa shape index (κ2) is 5.25. The lowest BCUT2D eigenvalue weighted by Crippen LogP contribution is -2.56. The number of ketones is 1. The average molecular weight is 345 g/mol. The van der Waals surface area contributed by atoms with Crippen LogP contribution in [0.2, 0.25) is 0 Å². The topological polar surface area (TPSA) is 66.7 Å². The number of hydrogen-bond donors (Lipinski definition) is 1. The highest BCUT2D eigenvalue weighted by Gasteiger charge is 2.64. The summed E-state index contributed by atoms with van der Waals surface area (Å²) in [6.07, 6.45) is 7.37. The molecule has 0 radical (unpaired) electrons. The molecule has 1 N–H and O–H groups in total. The Bertz CT molecular complexity index is 654. The Morgan fingerprint density at radius 1 is 1.16 bits per heavy atom. The van der Waals surface area contributed by atoms with Gasteiger partial charge in [-0.25, -0.2) is 0 Å². The number of nitroso groups, excluding NO2 is 1. The van der Waals surface area contributed by atoms with Gasteiger partial charge in [-0.15, -0.1) is 0 Å². The third-order valence-electron chi connectivity index (χ3n) is 9.04. The van der Waals surface area contributed by atoms with Gasteiger partial charge in [-0.1, -0.05) is 31.5 Å². The fourth-order valence-electron chi connectivity index (χ4n) is 7.30. The van der Waals surface area contributed by atoms with Crippen molar-refractivity contribution in [3.8, 4) is 0 Å². The Balaban J connectivity index is 1.75. The van der Waals surface area contributed by atoms with E-state index in [0.717, 1.165) is 32.1 Å². The van der Waals surface area contributed by atoms with Crippen molar-refractivity contribution in [1.29, 1.82) is 0 Å². The van der Waals surface area contributed by atoms with E-state index in [4.69, 9.17) is 0 Å². The van der Waals surface area contributed by atoms with Crippen LogP contribution in [0, 0.1) is 39.4 Å². The molecule has 4 rings (SSSR count). The molecule has 0 bridgehead atoms. The molecule has 4 heteroatoms. The summed E-state index contributed by atoms with van der Waals surface area (Å²) in [5.41, 5.74) is 0.584. The van der Waals surface area contributed by atoms with Crippen LogP contribution in [0.4, 0.5) is 0 Å². The van der Waals surface area contributed by atoms with Crippen molar-refractivity contribution in [1.82, 2.24) is 0 Å². The van der Waals surface area contributed by atoms with E-state index in [1.165, 1.54) is 5.57 Å². The summed E-state index contributed by atoms with van der Waals surface area (Å²) in [7, 11) is 0. The highest BCUT2D eigenvalue weighted by atomic mass is 16.3. The first-order chi connectivity index (χ1) is 11.6. The third kappa shape index (κ3) is 2.12. The van der Waals surface area contributed by atoms with Gasteiger partial charge in [-0.2, -0.15) is 4.91 Å².